The van der Waals surface area contributed by atoms with Gasteiger partial charge in [0.05, 0.1) is 6.54 Å². The minimum absolute atomic E-state index is 0.164. The van der Waals surface area contributed by atoms with Crippen LogP contribution in [0.5, 0.6) is 0 Å². The number of rotatable bonds is 3. The normalized spacial score (nSPS) is 11.2. The molecule has 1 aromatic carbocycles. The second-order valence-electron chi connectivity index (χ2n) is 4.91. The van der Waals surface area contributed by atoms with E-state index in [0.29, 0.717) is 32.2 Å². The number of aryl methyl sites for hydroxylation is 2. The summed E-state index contributed by atoms with van der Waals surface area (Å²) in [5.74, 6) is 0.225. The maximum Gasteiger partial charge on any atom is 0.273 e. The van der Waals surface area contributed by atoms with E-state index in [1.54, 1.807) is 25.1 Å². The Bertz CT molecular complexity index is 971. The molecule has 0 bridgehead atoms. The molecule has 3 rings (SSSR count). The Morgan fingerprint density at radius 3 is 2.73 bits per heavy atom. The highest BCUT2D eigenvalue weighted by Gasteiger charge is 2.15. The van der Waals surface area contributed by atoms with E-state index in [4.69, 9.17) is 12.2 Å². The van der Waals surface area contributed by atoms with Crippen LogP contribution in [0.3, 0.4) is 0 Å². The highest BCUT2D eigenvalue weighted by atomic mass is 32.1. The fourth-order valence-corrected chi connectivity index (χ4v) is 3.80. The zero-order valence-electron chi connectivity index (χ0n) is 12.2. The molecule has 22 heavy (non-hydrogen) atoms. The van der Waals surface area contributed by atoms with E-state index in [2.05, 4.69) is 4.98 Å². The molecule has 0 unspecified atom stereocenters. The first-order valence-electron chi connectivity index (χ1n) is 6.87. The Kier molecular flexibility index (Phi) is 3.92. The van der Waals surface area contributed by atoms with Crippen LogP contribution in [0.25, 0.3) is 10.3 Å². The Balaban J connectivity index is 2.22. The Morgan fingerprint density at radius 1 is 1.32 bits per heavy atom. The summed E-state index contributed by atoms with van der Waals surface area (Å²) >= 11 is 6.54. The number of aromatic nitrogens is 3. The quantitative estimate of drug-likeness (QED) is 0.688. The van der Waals surface area contributed by atoms with Crippen molar-refractivity contribution in [3.8, 4) is 0 Å². The average molecular weight is 335 g/mol. The van der Waals surface area contributed by atoms with Crippen molar-refractivity contribution in [3.05, 3.63) is 55.8 Å². The van der Waals surface area contributed by atoms with Crippen molar-refractivity contribution < 1.29 is 4.39 Å². The van der Waals surface area contributed by atoms with E-state index >= 15 is 0 Å². The van der Waals surface area contributed by atoms with Crippen molar-refractivity contribution >= 4 is 33.9 Å². The molecule has 2 heterocycles. The average Bonchev–Trinajstić information content (AvgIpc) is 2.81. The molecule has 4 nitrogen and oxygen atoms in total. The maximum atomic E-state index is 13.8. The molecule has 0 saturated heterocycles. The summed E-state index contributed by atoms with van der Waals surface area (Å²) in [5.41, 5.74) is 0.909. The van der Waals surface area contributed by atoms with Gasteiger partial charge in [-0.05, 0) is 32.1 Å². The van der Waals surface area contributed by atoms with Crippen LogP contribution in [0, 0.1) is 16.7 Å². The minimum Gasteiger partial charge on any atom is -0.308 e. The van der Waals surface area contributed by atoms with Crippen LogP contribution in [-0.2, 0) is 13.1 Å². The van der Waals surface area contributed by atoms with Crippen LogP contribution in [0.4, 0.5) is 4.39 Å². The van der Waals surface area contributed by atoms with Crippen LogP contribution in [0.2, 0.25) is 0 Å². The van der Waals surface area contributed by atoms with Gasteiger partial charge in [0.25, 0.3) is 5.56 Å². The SMILES string of the molecule is CCn1c(=S)sc2c(=O)n(Cc3ccccc3F)c(C)nc21. The molecule has 0 radical (unpaired) electrons. The highest BCUT2D eigenvalue weighted by Crippen LogP contribution is 2.19. The van der Waals surface area contributed by atoms with E-state index < -0.39 is 0 Å². The second-order valence-corrected chi connectivity index (χ2v) is 6.55. The van der Waals surface area contributed by atoms with Gasteiger partial charge in [-0.2, -0.15) is 0 Å². The highest BCUT2D eigenvalue weighted by molar-refractivity contribution is 7.73. The van der Waals surface area contributed by atoms with E-state index in [1.807, 2.05) is 11.5 Å². The van der Waals surface area contributed by atoms with Crippen LogP contribution in [0.1, 0.15) is 18.3 Å². The van der Waals surface area contributed by atoms with Gasteiger partial charge in [0.2, 0.25) is 0 Å². The predicted octanol–water partition coefficient (Wildman–Crippen LogP) is 3.50. The minimum atomic E-state index is -0.326. The van der Waals surface area contributed by atoms with Crippen molar-refractivity contribution in [1.82, 2.24) is 14.1 Å². The summed E-state index contributed by atoms with van der Waals surface area (Å²) in [6.45, 7) is 4.55. The molecular formula is C15H14FN3OS2. The third-order valence-electron chi connectivity index (χ3n) is 3.57. The lowest BCUT2D eigenvalue weighted by Gasteiger charge is -2.10. The van der Waals surface area contributed by atoms with E-state index in [9.17, 15) is 9.18 Å². The number of hydrogen-bond acceptors (Lipinski definition) is 4. The Labute approximate surface area is 135 Å². The summed E-state index contributed by atoms with van der Waals surface area (Å²) < 4.78 is 18.3. The van der Waals surface area contributed by atoms with Gasteiger partial charge in [0.15, 0.2) is 9.60 Å². The van der Waals surface area contributed by atoms with Gasteiger partial charge in [-0.15, -0.1) is 0 Å². The molecule has 0 aliphatic heterocycles. The number of fused-ring (bicyclic) bond motifs is 1. The summed E-state index contributed by atoms with van der Waals surface area (Å²) in [7, 11) is 0. The number of thiazole rings is 1. The summed E-state index contributed by atoms with van der Waals surface area (Å²) in [4.78, 5) is 17.2. The molecule has 0 N–H and O–H groups in total. The summed E-state index contributed by atoms with van der Waals surface area (Å²) in [6, 6.07) is 6.44. The van der Waals surface area contributed by atoms with Crippen molar-refractivity contribution in [2.75, 3.05) is 0 Å². The zero-order chi connectivity index (χ0) is 15.9. The molecule has 0 spiro atoms. The number of nitrogens with zero attached hydrogens (tertiary/aromatic N) is 3. The number of benzene rings is 1. The van der Waals surface area contributed by atoms with Crippen LogP contribution < -0.4 is 5.56 Å². The zero-order valence-corrected chi connectivity index (χ0v) is 13.8. The van der Waals surface area contributed by atoms with Crippen LogP contribution in [0.15, 0.2) is 29.1 Å². The third kappa shape index (κ3) is 2.40. The Hall–Kier alpha value is -1.86. The van der Waals surface area contributed by atoms with E-state index in [-0.39, 0.29) is 17.9 Å². The van der Waals surface area contributed by atoms with Gasteiger partial charge in [-0.1, -0.05) is 29.5 Å². The summed E-state index contributed by atoms with van der Waals surface area (Å²) in [5, 5.41) is 0. The van der Waals surface area contributed by atoms with Crippen molar-refractivity contribution in [2.45, 2.75) is 26.9 Å². The van der Waals surface area contributed by atoms with Crippen molar-refractivity contribution in [2.24, 2.45) is 0 Å². The molecule has 0 aliphatic rings. The molecule has 2 aromatic heterocycles. The largest absolute Gasteiger partial charge is 0.308 e. The second kappa shape index (κ2) is 5.73. The molecular weight excluding hydrogens is 321 g/mol. The number of halogens is 1. The van der Waals surface area contributed by atoms with E-state index in [1.165, 1.54) is 22.0 Å². The van der Waals surface area contributed by atoms with Gasteiger partial charge in [-0.3, -0.25) is 9.36 Å². The molecule has 0 aliphatic carbocycles. The van der Waals surface area contributed by atoms with Crippen LogP contribution >= 0.6 is 23.6 Å². The van der Waals surface area contributed by atoms with Gasteiger partial charge < -0.3 is 4.57 Å². The fourth-order valence-electron chi connectivity index (χ4n) is 2.39. The molecule has 0 atom stereocenters. The first kappa shape index (κ1) is 15.1. The summed E-state index contributed by atoms with van der Waals surface area (Å²) in [6.07, 6.45) is 0. The fraction of sp³-hybridized carbons (Fsp3) is 0.267. The predicted molar refractivity (Wildman–Crippen MR) is 88.6 cm³/mol. The smallest absolute Gasteiger partial charge is 0.273 e. The molecule has 0 fully saturated rings. The molecule has 0 amide bonds. The van der Waals surface area contributed by atoms with Crippen molar-refractivity contribution in [3.63, 3.8) is 0 Å². The first-order chi connectivity index (χ1) is 10.5. The van der Waals surface area contributed by atoms with Gasteiger partial charge in [0.1, 0.15) is 16.3 Å². The van der Waals surface area contributed by atoms with Gasteiger partial charge >= 0.3 is 0 Å². The van der Waals surface area contributed by atoms with E-state index in [0.717, 1.165) is 0 Å². The van der Waals surface area contributed by atoms with Crippen LogP contribution in [-0.4, -0.2) is 14.1 Å². The van der Waals surface area contributed by atoms with Gasteiger partial charge in [-0.25, -0.2) is 9.37 Å². The Morgan fingerprint density at radius 2 is 2.05 bits per heavy atom. The molecule has 0 saturated carbocycles. The lowest BCUT2D eigenvalue weighted by Crippen LogP contribution is -2.24. The lowest BCUT2D eigenvalue weighted by atomic mass is 10.2. The molecule has 3 aromatic rings. The number of hydrogen-bond donors (Lipinski definition) is 0. The van der Waals surface area contributed by atoms with Gasteiger partial charge in [0, 0.05) is 12.1 Å². The topological polar surface area (TPSA) is 39.8 Å². The monoisotopic (exact) mass is 335 g/mol. The standard InChI is InChI=1S/C15H14FN3OS2/c1-3-18-13-12(22-15(18)21)14(20)19(9(2)17-13)8-10-6-4-5-7-11(10)16/h4-7H,3,8H2,1-2H3. The van der Waals surface area contributed by atoms with Crippen molar-refractivity contribution in [1.29, 1.82) is 0 Å². The maximum absolute atomic E-state index is 13.8. The molecule has 114 valence electrons. The first-order valence-corrected chi connectivity index (χ1v) is 8.09. The lowest BCUT2D eigenvalue weighted by molar-refractivity contribution is 0.591. The molecule has 7 heteroatoms. The third-order valence-corrected chi connectivity index (χ3v) is 5.00.